The zero-order valence-electron chi connectivity index (χ0n) is 16.4. The first kappa shape index (κ1) is 20.1. The second-order valence-corrected chi connectivity index (χ2v) is 7.15. The topological polar surface area (TPSA) is 49.9 Å². The number of rotatable bonds is 8. The normalized spacial score (nSPS) is 17.0. The minimum absolute atomic E-state index is 0.0312. The van der Waals surface area contributed by atoms with Crippen LogP contribution >= 0.6 is 0 Å². The average Bonchev–Trinajstić information content (AvgIpc) is 2.71. The molecule has 0 unspecified atom stereocenters. The Balaban J connectivity index is 1.74. The maximum absolute atomic E-state index is 12.3. The second kappa shape index (κ2) is 10.0. The molecule has 0 bridgehead atoms. The van der Waals surface area contributed by atoms with Crippen molar-refractivity contribution < 1.29 is 14.3 Å². The first-order chi connectivity index (χ1) is 13.7. The Hall–Kier alpha value is -2.66. The number of piperidine rings is 1. The van der Waals surface area contributed by atoms with Gasteiger partial charge in [0, 0.05) is 32.1 Å². The fourth-order valence-electron chi connectivity index (χ4n) is 3.66. The van der Waals surface area contributed by atoms with Crippen LogP contribution in [-0.2, 0) is 27.4 Å². The fourth-order valence-corrected chi connectivity index (χ4v) is 3.66. The monoisotopic (exact) mass is 380 g/mol. The smallest absolute Gasteiger partial charge is 0.325 e. The van der Waals surface area contributed by atoms with Crippen LogP contribution in [0.1, 0.15) is 30.9 Å². The number of ether oxygens (including phenoxy) is 1. The van der Waals surface area contributed by atoms with Crippen LogP contribution in [0.2, 0.25) is 0 Å². The summed E-state index contributed by atoms with van der Waals surface area (Å²) in [6.45, 7) is 4.31. The van der Waals surface area contributed by atoms with Crippen LogP contribution in [0.4, 0.5) is 0 Å². The number of carbonyl (C=O) groups excluding carboxylic acids is 2. The molecule has 5 nitrogen and oxygen atoms in total. The van der Waals surface area contributed by atoms with Crippen molar-refractivity contribution in [2.45, 2.75) is 38.9 Å². The third-order valence-corrected chi connectivity index (χ3v) is 5.07. The van der Waals surface area contributed by atoms with Crippen molar-refractivity contribution in [2.75, 3.05) is 19.7 Å². The number of carbonyl (C=O) groups is 2. The quantitative estimate of drug-likeness (QED) is 0.660. The standard InChI is InChI=1S/C23H28N2O3/c1-2-28-23(27)18-25-17-21(13-14-22(25)26)24(15-19-9-5-3-6-10-19)16-20-11-7-4-8-12-20/h3-12,21H,2,13-18H2,1H3/t21-/m0/s1. The maximum atomic E-state index is 12.3. The van der Waals surface area contributed by atoms with Gasteiger partial charge in [0.05, 0.1) is 6.61 Å². The Bertz CT molecular complexity index is 722. The summed E-state index contributed by atoms with van der Waals surface area (Å²) >= 11 is 0. The molecule has 3 rings (SSSR count). The zero-order valence-corrected chi connectivity index (χ0v) is 16.4. The molecule has 148 valence electrons. The highest BCUT2D eigenvalue weighted by Crippen LogP contribution is 2.21. The summed E-state index contributed by atoms with van der Waals surface area (Å²) < 4.78 is 5.03. The minimum Gasteiger partial charge on any atom is -0.465 e. The Morgan fingerprint density at radius 1 is 1.04 bits per heavy atom. The van der Waals surface area contributed by atoms with Crippen molar-refractivity contribution in [3.63, 3.8) is 0 Å². The van der Waals surface area contributed by atoms with Crippen LogP contribution in [0, 0.1) is 0 Å². The molecule has 2 aromatic carbocycles. The predicted octanol–water partition coefficient (Wildman–Crippen LogP) is 3.24. The van der Waals surface area contributed by atoms with E-state index >= 15 is 0 Å². The van der Waals surface area contributed by atoms with Crippen molar-refractivity contribution in [2.24, 2.45) is 0 Å². The van der Waals surface area contributed by atoms with E-state index in [-0.39, 0.29) is 24.5 Å². The van der Waals surface area contributed by atoms with E-state index in [0.717, 1.165) is 19.5 Å². The third kappa shape index (κ3) is 5.67. The molecule has 1 amide bonds. The lowest BCUT2D eigenvalue weighted by Crippen LogP contribution is -2.51. The Morgan fingerprint density at radius 3 is 2.14 bits per heavy atom. The molecule has 0 aliphatic carbocycles. The number of hydrogen-bond donors (Lipinski definition) is 0. The summed E-state index contributed by atoms with van der Waals surface area (Å²) in [7, 11) is 0. The van der Waals surface area contributed by atoms with Crippen molar-refractivity contribution in [3.8, 4) is 0 Å². The van der Waals surface area contributed by atoms with Gasteiger partial charge in [-0.2, -0.15) is 0 Å². The first-order valence-corrected chi connectivity index (χ1v) is 9.91. The molecule has 1 saturated heterocycles. The first-order valence-electron chi connectivity index (χ1n) is 9.91. The van der Waals surface area contributed by atoms with Gasteiger partial charge in [-0.05, 0) is 24.5 Å². The van der Waals surface area contributed by atoms with Crippen molar-refractivity contribution in [1.29, 1.82) is 0 Å². The Morgan fingerprint density at radius 2 is 1.61 bits per heavy atom. The SMILES string of the molecule is CCOC(=O)CN1C[C@@H](N(Cc2ccccc2)Cc2ccccc2)CCC1=O. The molecular formula is C23H28N2O3. The highest BCUT2D eigenvalue weighted by molar-refractivity contribution is 5.82. The highest BCUT2D eigenvalue weighted by atomic mass is 16.5. The van der Waals surface area contributed by atoms with Crippen LogP contribution in [0.15, 0.2) is 60.7 Å². The largest absolute Gasteiger partial charge is 0.465 e. The van der Waals surface area contributed by atoms with Crippen molar-refractivity contribution in [1.82, 2.24) is 9.80 Å². The van der Waals surface area contributed by atoms with Crippen LogP contribution in [0.5, 0.6) is 0 Å². The summed E-state index contributed by atoms with van der Waals surface area (Å²) in [4.78, 5) is 28.3. The number of nitrogens with zero attached hydrogens (tertiary/aromatic N) is 2. The Labute approximate surface area is 166 Å². The number of benzene rings is 2. The number of hydrogen-bond acceptors (Lipinski definition) is 4. The molecule has 0 N–H and O–H groups in total. The molecule has 5 heteroatoms. The van der Waals surface area contributed by atoms with Crippen LogP contribution in [0.25, 0.3) is 0 Å². The van der Waals surface area contributed by atoms with E-state index in [2.05, 4.69) is 29.2 Å². The lowest BCUT2D eigenvalue weighted by Gasteiger charge is -2.39. The van der Waals surface area contributed by atoms with Gasteiger partial charge in [0.2, 0.25) is 5.91 Å². The van der Waals surface area contributed by atoms with Crippen LogP contribution in [0.3, 0.4) is 0 Å². The van der Waals surface area contributed by atoms with Crippen LogP contribution < -0.4 is 0 Å². The van der Waals surface area contributed by atoms with E-state index in [9.17, 15) is 9.59 Å². The third-order valence-electron chi connectivity index (χ3n) is 5.07. The van der Waals surface area contributed by atoms with Gasteiger partial charge >= 0.3 is 5.97 Å². The fraction of sp³-hybridized carbons (Fsp3) is 0.391. The zero-order chi connectivity index (χ0) is 19.8. The van der Waals surface area contributed by atoms with Gasteiger partial charge in [-0.1, -0.05) is 60.7 Å². The van der Waals surface area contributed by atoms with Crippen LogP contribution in [-0.4, -0.2) is 47.4 Å². The summed E-state index contributed by atoms with van der Waals surface area (Å²) in [6.07, 6.45) is 1.27. The molecule has 28 heavy (non-hydrogen) atoms. The lowest BCUT2D eigenvalue weighted by molar-refractivity contribution is -0.151. The molecule has 1 heterocycles. The molecule has 0 spiro atoms. The molecule has 0 radical (unpaired) electrons. The molecule has 1 aliphatic heterocycles. The summed E-state index contributed by atoms with van der Waals surface area (Å²) in [5, 5.41) is 0. The molecule has 1 atom stereocenters. The number of esters is 1. The van der Waals surface area contributed by atoms with E-state index in [1.54, 1.807) is 11.8 Å². The second-order valence-electron chi connectivity index (χ2n) is 7.15. The van der Waals surface area contributed by atoms with Gasteiger partial charge in [0.25, 0.3) is 0 Å². The highest BCUT2D eigenvalue weighted by Gasteiger charge is 2.31. The van der Waals surface area contributed by atoms with E-state index < -0.39 is 0 Å². The van der Waals surface area contributed by atoms with Crippen molar-refractivity contribution >= 4 is 11.9 Å². The summed E-state index contributed by atoms with van der Waals surface area (Å²) in [6, 6.07) is 20.9. The van der Waals surface area contributed by atoms with E-state index in [1.807, 2.05) is 36.4 Å². The van der Waals surface area contributed by atoms with Gasteiger partial charge in [0.1, 0.15) is 6.54 Å². The Kier molecular flexibility index (Phi) is 7.20. The van der Waals surface area contributed by atoms with E-state index in [1.165, 1.54) is 11.1 Å². The number of likely N-dealkylation sites (tertiary alicyclic amines) is 1. The van der Waals surface area contributed by atoms with Gasteiger partial charge in [-0.15, -0.1) is 0 Å². The van der Waals surface area contributed by atoms with Gasteiger partial charge in [-0.25, -0.2) is 0 Å². The molecule has 0 aromatic heterocycles. The maximum Gasteiger partial charge on any atom is 0.325 e. The molecule has 0 saturated carbocycles. The minimum atomic E-state index is -0.339. The predicted molar refractivity (Wildman–Crippen MR) is 108 cm³/mol. The van der Waals surface area contributed by atoms with Gasteiger partial charge in [-0.3, -0.25) is 14.5 Å². The number of amides is 1. The molecular weight excluding hydrogens is 352 g/mol. The van der Waals surface area contributed by atoms with E-state index in [4.69, 9.17) is 4.74 Å². The molecule has 1 aliphatic rings. The van der Waals surface area contributed by atoms with E-state index in [0.29, 0.717) is 19.6 Å². The summed E-state index contributed by atoms with van der Waals surface area (Å²) in [5.74, 6) is -0.308. The van der Waals surface area contributed by atoms with Gasteiger partial charge in [0.15, 0.2) is 0 Å². The van der Waals surface area contributed by atoms with Crippen molar-refractivity contribution in [3.05, 3.63) is 71.8 Å². The molecule has 2 aromatic rings. The van der Waals surface area contributed by atoms with Gasteiger partial charge < -0.3 is 9.64 Å². The lowest BCUT2D eigenvalue weighted by atomic mass is 10.0. The molecule has 1 fully saturated rings. The average molecular weight is 380 g/mol. The summed E-state index contributed by atoms with van der Waals surface area (Å²) in [5.41, 5.74) is 2.49.